The smallest absolute Gasteiger partial charge is 0.256 e. The lowest BCUT2D eigenvalue weighted by molar-refractivity contribution is 0.112. The Labute approximate surface area is 148 Å². The molecule has 0 radical (unpaired) electrons. The van der Waals surface area contributed by atoms with Crippen molar-refractivity contribution >= 4 is 27.7 Å². The Morgan fingerprint density at radius 3 is 2.32 bits per heavy atom. The number of sulfone groups is 1. The van der Waals surface area contributed by atoms with Gasteiger partial charge >= 0.3 is 0 Å². The largest absolute Gasteiger partial charge is 0.298 e. The summed E-state index contributed by atoms with van der Waals surface area (Å²) in [5.41, 5.74) is 0.716. The van der Waals surface area contributed by atoms with Gasteiger partial charge in [-0.3, -0.25) is 14.2 Å². The molecular formula is C16H12ClN3O4S. The summed E-state index contributed by atoms with van der Waals surface area (Å²) in [6.45, 7) is 0. The molecule has 0 amide bonds. The van der Waals surface area contributed by atoms with Gasteiger partial charge in [0, 0.05) is 29.2 Å². The second-order valence-corrected chi connectivity index (χ2v) is 7.64. The molecule has 25 heavy (non-hydrogen) atoms. The number of benzene rings is 1. The van der Waals surface area contributed by atoms with Crippen LogP contribution in [0.3, 0.4) is 0 Å². The summed E-state index contributed by atoms with van der Waals surface area (Å²) < 4.78 is 26.5. The summed E-state index contributed by atoms with van der Waals surface area (Å²) in [6, 6.07) is 9.36. The highest BCUT2D eigenvalue weighted by Crippen LogP contribution is 2.20. The Balaban J connectivity index is 2.09. The molecule has 0 atom stereocenters. The standard InChI is InChI=1S/C16H12ClN3O4S/c1-25(23,24)16-11(10-21)9-18-20(16)14-4-2-13(3-5-14)19-7-6-12(17)8-15(19)22/h2-10H,1H3. The van der Waals surface area contributed by atoms with Crippen molar-refractivity contribution in [3.05, 3.63) is 69.7 Å². The van der Waals surface area contributed by atoms with Crippen LogP contribution >= 0.6 is 11.6 Å². The van der Waals surface area contributed by atoms with E-state index >= 15 is 0 Å². The summed E-state index contributed by atoms with van der Waals surface area (Å²) >= 11 is 5.78. The predicted molar refractivity (Wildman–Crippen MR) is 92.7 cm³/mol. The van der Waals surface area contributed by atoms with Crippen molar-refractivity contribution in [1.82, 2.24) is 14.3 Å². The monoisotopic (exact) mass is 377 g/mol. The van der Waals surface area contributed by atoms with Gasteiger partial charge in [0.05, 0.1) is 17.4 Å². The first-order valence-corrected chi connectivity index (χ1v) is 9.30. The van der Waals surface area contributed by atoms with E-state index in [1.807, 2.05) is 0 Å². The number of aldehydes is 1. The lowest BCUT2D eigenvalue weighted by atomic mass is 10.2. The van der Waals surface area contributed by atoms with Gasteiger partial charge in [0.2, 0.25) is 0 Å². The topological polar surface area (TPSA) is 91.0 Å². The molecule has 2 heterocycles. The average molecular weight is 378 g/mol. The molecule has 0 aliphatic rings. The van der Waals surface area contributed by atoms with E-state index in [0.717, 1.165) is 6.26 Å². The Bertz CT molecular complexity index is 1120. The van der Waals surface area contributed by atoms with E-state index in [4.69, 9.17) is 11.6 Å². The van der Waals surface area contributed by atoms with Gasteiger partial charge in [0.1, 0.15) is 0 Å². The molecule has 0 unspecified atom stereocenters. The zero-order chi connectivity index (χ0) is 18.2. The number of carbonyl (C=O) groups is 1. The molecule has 3 rings (SSSR count). The van der Waals surface area contributed by atoms with E-state index in [1.54, 1.807) is 36.5 Å². The number of nitrogens with zero attached hydrogens (tertiary/aromatic N) is 3. The summed E-state index contributed by atoms with van der Waals surface area (Å²) in [7, 11) is -3.66. The van der Waals surface area contributed by atoms with E-state index in [-0.39, 0.29) is 16.1 Å². The predicted octanol–water partition coefficient (Wildman–Crippen LogP) is 1.89. The molecule has 1 aromatic carbocycles. The van der Waals surface area contributed by atoms with Crippen LogP contribution in [0.15, 0.2) is 58.6 Å². The van der Waals surface area contributed by atoms with Crippen molar-refractivity contribution in [3.8, 4) is 11.4 Å². The van der Waals surface area contributed by atoms with Crippen molar-refractivity contribution in [3.63, 3.8) is 0 Å². The van der Waals surface area contributed by atoms with Crippen molar-refractivity contribution < 1.29 is 13.2 Å². The molecule has 0 spiro atoms. The molecule has 0 fully saturated rings. The van der Waals surface area contributed by atoms with Crippen LogP contribution in [-0.2, 0) is 9.84 Å². The second-order valence-electron chi connectivity index (χ2n) is 5.28. The van der Waals surface area contributed by atoms with E-state index in [9.17, 15) is 18.0 Å². The third-order valence-electron chi connectivity index (χ3n) is 3.48. The number of hydrogen-bond acceptors (Lipinski definition) is 5. The van der Waals surface area contributed by atoms with Crippen LogP contribution in [-0.4, -0.2) is 35.3 Å². The molecule has 3 aromatic rings. The number of aromatic nitrogens is 3. The molecule has 9 heteroatoms. The van der Waals surface area contributed by atoms with E-state index < -0.39 is 9.84 Å². The maximum absolute atomic E-state index is 12.0. The lowest BCUT2D eigenvalue weighted by Gasteiger charge is -2.09. The van der Waals surface area contributed by atoms with Crippen molar-refractivity contribution in [2.75, 3.05) is 6.26 Å². The van der Waals surface area contributed by atoms with Crippen molar-refractivity contribution in [2.45, 2.75) is 5.03 Å². The SMILES string of the molecule is CS(=O)(=O)c1c(C=O)cnn1-c1ccc(-n2ccc(Cl)cc2=O)cc1. The fourth-order valence-electron chi connectivity index (χ4n) is 2.41. The van der Waals surface area contributed by atoms with Crippen LogP contribution in [0.2, 0.25) is 5.02 Å². The third kappa shape index (κ3) is 3.26. The van der Waals surface area contributed by atoms with Gasteiger partial charge in [0.25, 0.3) is 5.56 Å². The molecule has 128 valence electrons. The van der Waals surface area contributed by atoms with Gasteiger partial charge in [-0.2, -0.15) is 5.10 Å². The van der Waals surface area contributed by atoms with E-state index in [2.05, 4.69) is 5.10 Å². The Morgan fingerprint density at radius 1 is 1.12 bits per heavy atom. The zero-order valence-corrected chi connectivity index (χ0v) is 14.5. The highest BCUT2D eigenvalue weighted by atomic mass is 35.5. The summed E-state index contributed by atoms with van der Waals surface area (Å²) in [4.78, 5) is 23.0. The van der Waals surface area contributed by atoms with Crippen LogP contribution in [0, 0.1) is 0 Å². The van der Waals surface area contributed by atoms with Crippen molar-refractivity contribution in [1.29, 1.82) is 0 Å². The number of hydrogen-bond donors (Lipinski definition) is 0. The quantitative estimate of drug-likeness (QED) is 0.647. The number of halogens is 1. The summed E-state index contributed by atoms with van der Waals surface area (Å²) in [5.74, 6) is 0. The highest BCUT2D eigenvalue weighted by molar-refractivity contribution is 7.90. The van der Waals surface area contributed by atoms with Crippen LogP contribution in [0.1, 0.15) is 10.4 Å². The minimum Gasteiger partial charge on any atom is -0.298 e. The van der Waals surface area contributed by atoms with Gasteiger partial charge in [-0.15, -0.1) is 0 Å². The Hall–Kier alpha value is -2.71. The van der Waals surface area contributed by atoms with E-state index in [1.165, 1.54) is 21.5 Å². The fraction of sp³-hybridized carbons (Fsp3) is 0.0625. The summed E-state index contributed by atoms with van der Waals surface area (Å²) in [5, 5.41) is 4.14. The summed E-state index contributed by atoms with van der Waals surface area (Å²) in [6.07, 6.45) is 4.19. The molecule has 0 bridgehead atoms. The molecule has 0 aliphatic heterocycles. The van der Waals surface area contributed by atoms with Gasteiger partial charge in [-0.1, -0.05) is 11.6 Å². The molecule has 0 saturated carbocycles. The number of pyridine rings is 1. The fourth-order valence-corrected chi connectivity index (χ4v) is 3.55. The second kappa shape index (κ2) is 6.30. The van der Waals surface area contributed by atoms with Gasteiger partial charge in [0.15, 0.2) is 21.1 Å². The van der Waals surface area contributed by atoms with Gasteiger partial charge in [-0.05, 0) is 30.3 Å². The number of rotatable bonds is 4. The van der Waals surface area contributed by atoms with Crippen LogP contribution < -0.4 is 5.56 Å². The van der Waals surface area contributed by atoms with Crippen LogP contribution in [0.5, 0.6) is 0 Å². The average Bonchev–Trinajstić information content (AvgIpc) is 2.99. The molecule has 0 aliphatic carbocycles. The molecule has 0 N–H and O–H groups in total. The normalized spacial score (nSPS) is 11.4. The zero-order valence-electron chi connectivity index (χ0n) is 13.0. The number of carbonyl (C=O) groups excluding carboxylic acids is 1. The maximum Gasteiger partial charge on any atom is 0.256 e. The highest BCUT2D eigenvalue weighted by Gasteiger charge is 2.21. The third-order valence-corrected chi connectivity index (χ3v) is 4.83. The molecule has 2 aromatic heterocycles. The first kappa shape index (κ1) is 17.1. The maximum atomic E-state index is 12.0. The molecule has 0 saturated heterocycles. The lowest BCUT2D eigenvalue weighted by Crippen LogP contribution is -2.16. The minimum absolute atomic E-state index is 0.0134. The van der Waals surface area contributed by atoms with Crippen molar-refractivity contribution in [2.24, 2.45) is 0 Å². The van der Waals surface area contributed by atoms with Gasteiger partial charge < -0.3 is 0 Å². The van der Waals surface area contributed by atoms with Gasteiger partial charge in [-0.25, -0.2) is 13.1 Å². The van der Waals surface area contributed by atoms with Crippen LogP contribution in [0.25, 0.3) is 11.4 Å². The van der Waals surface area contributed by atoms with E-state index in [0.29, 0.717) is 22.7 Å². The first-order chi connectivity index (χ1) is 11.8. The molecule has 7 nitrogen and oxygen atoms in total. The minimum atomic E-state index is -3.66. The first-order valence-electron chi connectivity index (χ1n) is 7.03. The Kier molecular flexibility index (Phi) is 4.32. The Morgan fingerprint density at radius 2 is 1.76 bits per heavy atom. The molecular weight excluding hydrogens is 366 g/mol. The van der Waals surface area contributed by atoms with Crippen LogP contribution in [0.4, 0.5) is 0 Å².